The van der Waals surface area contributed by atoms with Crippen molar-refractivity contribution in [3.05, 3.63) is 0 Å². The standard InChI is InChI=1S/C17H34N2O2/c1-5-15-11-20-10-8-19(15)13-17(7-6-9-21-14-17)12-18-16(2,3)4/h15,18H,5-14H2,1-4H3. The van der Waals surface area contributed by atoms with Crippen molar-refractivity contribution in [3.63, 3.8) is 0 Å². The van der Waals surface area contributed by atoms with Crippen molar-refractivity contribution in [2.45, 2.75) is 58.5 Å². The first-order valence-corrected chi connectivity index (χ1v) is 8.59. The molecule has 2 rings (SSSR count). The zero-order valence-corrected chi connectivity index (χ0v) is 14.4. The van der Waals surface area contributed by atoms with Crippen LogP contribution in [0.2, 0.25) is 0 Å². The van der Waals surface area contributed by atoms with Crippen molar-refractivity contribution >= 4 is 0 Å². The Morgan fingerprint density at radius 3 is 2.67 bits per heavy atom. The van der Waals surface area contributed by atoms with E-state index in [1.54, 1.807) is 0 Å². The molecule has 124 valence electrons. The first-order chi connectivity index (χ1) is 9.94. The van der Waals surface area contributed by atoms with Crippen molar-refractivity contribution in [2.24, 2.45) is 5.41 Å². The van der Waals surface area contributed by atoms with E-state index in [4.69, 9.17) is 9.47 Å². The second kappa shape index (κ2) is 7.40. The van der Waals surface area contributed by atoms with Crippen LogP contribution in [0.5, 0.6) is 0 Å². The molecule has 0 spiro atoms. The molecule has 0 amide bonds. The Morgan fingerprint density at radius 1 is 1.24 bits per heavy atom. The molecule has 0 radical (unpaired) electrons. The summed E-state index contributed by atoms with van der Waals surface area (Å²) in [6.45, 7) is 15.8. The minimum Gasteiger partial charge on any atom is -0.381 e. The summed E-state index contributed by atoms with van der Waals surface area (Å²) in [5.74, 6) is 0. The molecule has 2 atom stereocenters. The van der Waals surface area contributed by atoms with Gasteiger partial charge in [0.05, 0.1) is 19.8 Å². The van der Waals surface area contributed by atoms with Gasteiger partial charge >= 0.3 is 0 Å². The SMILES string of the molecule is CCC1COCCN1CC1(CNC(C)(C)C)CCCOC1. The highest BCUT2D eigenvalue weighted by molar-refractivity contribution is 4.91. The lowest BCUT2D eigenvalue weighted by atomic mass is 9.80. The van der Waals surface area contributed by atoms with Gasteiger partial charge in [-0.1, -0.05) is 6.92 Å². The number of nitrogens with zero attached hydrogens (tertiary/aromatic N) is 1. The summed E-state index contributed by atoms with van der Waals surface area (Å²) in [4.78, 5) is 2.64. The highest BCUT2D eigenvalue weighted by Crippen LogP contribution is 2.31. The van der Waals surface area contributed by atoms with Gasteiger partial charge in [-0.15, -0.1) is 0 Å². The predicted octanol–water partition coefficient (Wildman–Crippen LogP) is 2.28. The molecule has 2 aliphatic heterocycles. The quantitative estimate of drug-likeness (QED) is 0.844. The number of hydrogen-bond acceptors (Lipinski definition) is 4. The Kier molecular flexibility index (Phi) is 6.06. The van der Waals surface area contributed by atoms with E-state index in [0.29, 0.717) is 6.04 Å². The molecule has 2 unspecified atom stereocenters. The third kappa shape index (κ3) is 5.20. The molecule has 0 bridgehead atoms. The molecule has 2 saturated heterocycles. The molecule has 0 aromatic carbocycles. The summed E-state index contributed by atoms with van der Waals surface area (Å²) in [7, 11) is 0. The summed E-state index contributed by atoms with van der Waals surface area (Å²) in [6.07, 6.45) is 3.63. The fourth-order valence-electron chi connectivity index (χ4n) is 3.39. The molecule has 0 aliphatic carbocycles. The number of nitrogens with one attached hydrogen (secondary N) is 1. The van der Waals surface area contributed by atoms with Crippen LogP contribution in [0.3, 0.4) is 0 Å². The fraction of sp³-hybridized carbons (Fsp3) is 1.00. The van der Waals surface area contributed by atoms with Gasteiger partial charge in [0, 0.05) is 43.2 Å². The smallest absolute Gasteiger partial charge is 0.0622 e. The topological polar surface area (TPSA) is 33.7 Å². The molecule has 0 aromatic rings. The third-order valence-electron chi connectivity index (χ3n) is 4.76. The molecule has 21 heavy (non-hydrogen) atoms. The van der Waals surface area contributed by atoms with E-state index in [-0.39, 0.29) is 11.0 Å². The molecule has 0 saturated carbocycles. The van der Waals surface area contributed by atoms with Crippen LogP contribution in [0.25, 0.3) is 0 Å². The second-order valence-electron chi connectivity index (χ2n) is 7.87. The van der Waals surface area contributed by atoms with Gasteiger partial charge in [-0.2, -0.15) is 0 Å². The van der Waals surface area contributed by atoms with Gasteiger partial charge in [0.1, 0.15) is 0 Å². The Labute approximate surface area is 130 Å². The van der Waals surface area contributed by atoms with Crippen molar-refractivity contribution in [2.75, 3.05) is 46.1 Å². The van der Waals surface area contributed by atoms with Crippen LogP contribution in [0.15, 0.2) is 0 Å². The summed E-state index contributed by atoms with van der Waals surface area (Å²) >= 11 is 0. The predicted molar refractivity (Wildman–Crippen MR) is 86.7 cm³/mol. The summed E-state index contributed by atoms with van der Waals surface area (Å²) in [5, 5.41) is 3.72. The molecule has 4 nitrogen and oxygen atoms in total. The van der Waals surface area contributed by atoms with Gasteiger partial charge in [0.15, 0.2) is 0 Å². The average Bonchev–Trinajstić information content (AvgIpc) is 2.46. The van der Waals surface area contributed by atoms with Crippen LogP contribution < -0.4 is 5.32 Å². The molecule has 1 N–H and O–H groups in total. The molecule has 2 fully saturated rings. The van der Waals surface area contributed by atoms with Crippen LogP contribution >= 0.6 is 0 Å². The first-order valence-electron chi connectivity index (χ1n) is 8.59. The van der Waals surface area contributed by atoms with Crippen molar-refractivity contribution in [1.29, 1.82) is 0 Å². The maximum Gasteiger partial charge on any atom is 0.0622 e. The number of morpholine rings is 1. The van der Waals surface area contributed by atoms with E-state index < -0.39 is 0 Å². The largest absolute Gasteiger partial charge is 0.381 e. The molecule has 4 heteroatoms. The summed E-state index contributed by atoms with van der Waals surface area (Å²) < 4.78 is 11.5. The molecule has 2 heterocycles. The van der Waals surface area contributed by atoms with Crippen LogP contribution in [0.1, 0.15) is 47.0 Å². The Hall–Kier alpha value is -0.160. The van der Waals surface area contributed by atoms with Gasteiger partial charge in [0.25, 0.3) is 0 Å². The van der Waals surface area contributed by atoms with E-state index >= 15 is 0 Å². The van der Waals surface area contributed by atoms with E-state index in [1.165, 1.54) is 19.3 Å². The van der Waals surface area contributed by atoms with Crippen LogP contribution in [-0.2, 0) is 9.47 Å². The summed E-state index contributed by atoms with van der Waals surface area (Å²) in [5.41, 5.74) is 0.426. The van der Waals surface area contributed by atoms with E-state index in [1.807, 2.05) is 0 Å². The summed E-state index contributed by atoms with van der Waals surface area (Å²) in [6, 6.07) is 0.576. The monoisotopic (exact) mass is 298 g/mol. The second-order valence-corrected chi connectivity index (χ2v) is 7.87. The van der Waals surface area contributed by atoms with Crippen molar-refractivity contribution in [3.8, 4) is 0 Å². The number of ether oxygens (including phenoxy) is 2. The average molecular weight is 298 g/mol. The van der Waals surface area contributed by atoms with Gasteiger partial charge in [-0.05, 0) is 40.0 Å². The third-order valence-corrected chi connectivity index (χ3v) is 4.76. The van der Waals surface area contributed by atoms with Gasteiger partial charge < -0.3 is 14.8 Å². The first kappa shape index (κ1) is 17.2. The van der Waals surface area contributed by atoms with Gasteiger partial charge in [-0.25, -0.2) is 0 Å². The van der Waals surface area contributed by atoms with E-state index in [9.17, 15) is 0 Å². The maximum absolute atomic E-state index is 5.86. The highest BCUT2D eigenvalue weighted by Gasteiger charge is 2.37. The molecular formula is C17H34N2O2. The van der Waals surface area contributed by atoms with Crippen molar-refractivity contribution < 1.29 is 9.47 Å². The zero-order valence-electron chi connectivity index (χ0n) is 14.4. The minimum atomic E-state index is 0.166. The zero-order chi connectivity index (χ0) is 15.3. The van der Waals surface area contributed by atoms with E-state index in [2.05, 4.69) is 37.9 Å². The van der Waals surface area contributed by atoms with Crippen LogP contribution in [-0.4, -0.2) is 62.5 Å². The molecule has 2 aliphatic rings. The van der Waals surface area contributed by atoms with Gasteiger partial charge in [-0.3, -0.25) is 4.90 Å². The van der Waals surface area contributed by atoms with Crippen LogP contribution in [0, 0.1) is 5.41 Å². The Bertz CT molecular complexity index is 308. The number of hydrogen-bond donors (Lipinski definition) is 1. The normalized spacial score (nSPS) is 32.3. The van der Waals surface area contributed by atoms with Crippen LogP contribution in [0.4, 0.5) is 0 Å². The molecular weight excluding hydrogens is 264 g/mol. The van der Waals surface area contributed by atoms with Crippen molar-refractivity contribution in [1.82, 2.24) is 10.2 Å². The number of rotatable bonds is 5. The van der Waals surface area contributed by atoms with Gasteiger partial charge in [0.2, 0.25) is 0 Å². The lowest BCUT2D eigenvalue weighted by Gasteiger charge is -2.45. The lowest BCUT2D eigenvalue weighted by Crippen LogP contribution is -2.56. The minimum absolute atomic E-state index is 0.166. The maximum atomic E-state index is 5.86. The Balaban J connectivity index is 2.00. The Morgan fingerprint density at radius 2 is 2.05 bits per heavy atom. The highest BCUT2D eigenvalue weighted by atomic mass is 16.5. The fourth-order valence-corrected chi connectivity index (χ4v) is 3.39. The molecule has 0 aromatic heterocycles. The lowest BCUT2D eigenvalue weighted by molar-refractivity contribution is -0.0677. The van der Waals surface area contributed by atoms with E-state index in [0.717, 1.165) is 46.1 Å².